The van der Waals surface area contributed by atoms with Crippen molar-refractivity contribution in [1.82, 2.24) is 0 Å². The molecule has 0 spiro atoms. The molecule has 0 aliphatic rings. The molecule has 0 saturated carbocycles. The van der Waals surface area contributed by atoms with E-state index in [1.54, 1.807) is 0 Å². The number of rotatable bonds is 8. The molecular formula is C8H19MoO2PS2. The maximum Gasteiger partial charge on any atom is 0.242 e. The fraction of sp³-hybridized carbons (Fsp3) is 1.00. The van der Waals surface area contributed by atoms with E-state index in [0.29, 0.717) is 0 Å². The predicted octanol–water partition coefficient (Wildman–Crippen LogP) is 3.29. The van der Waals surface area contributed by atoms with Crippen molar-refractivity contribution < 1.29 is 30.9 Å². The first-order valence-corrected chi connectivity index (χ1v) is 9.06. The van der Waals surface area contributed by atoms with Crippen LogP contribution in [-0.2, 0) is 32.9 Å². The number of hydrogen-bond acceptors (Lipinski definition) is 2. The van der Waals surface area contributed by atoms with Crippen molar-refractivity contribution in [2.45, 2.75) is 45.4 Å². The van der Waals surface area contributed by atoms with Gasteiger partial charge in [-0.15, -0.1) is 0 Å². The second-order valence-corrected chi connectivity index (χ2v) is 9.26. The first-order chi connectivity index (χ1) is 6.06. The summed E-state index contributed by atoms with van der Waals surface area (Å²) in [6.45, 7) is 2.20. The molecule has 6 heteroatoms. The van der Waals surface area contributed by atoms with E-state index in [1.807, 2.05) is 0 Å². The molecule has 0 atom stereocenters. The minimum atomic E-state index is -2.98. The van der Waals surface area contributed by atoms with Gasteiger partial charge in [0.2, 0.25) is 5.69 Å². The quantitative estimate of drug-likeness (QED) is 0.405. The van der Waals surface area contributed by atoms with E-state index in [0.717, 1.165) is 23.6 Å². The molecule has 86 valence electrons. The van der Waals surface area contributed by atoms with Gasteiger partial charge in [0.25, 0.3) is 0 Å². The Bertz CT molecular complexity index is 163. The summed E-state index contributed by atoms with van der Waals surface area (Å²) in [6, 6.07) is 0. The Hall–Kier alpha value is 1.61. The second kappa shape index (κ2) is 11.1. The van der Waals surface area contributed by atoms with Crippen LogP contribution in [0.2, 0.25) is 0 Å². The summed E-state index contributed by atoms with van der Waals surface area (Å²) < 4.78 is 0. The zero-order chi connectivity index (χ0) is 10.2. The Balaban J connectivity index is 0. The van der Waals surface area contributed by atoms with Gasteiger partial charge < -0.3 is 9.79 Å². The molecule has 2 N–H and O–H groups in total. The molecule has 0 aromatic heterocycles. The van der Waals surface area contributed by atoms with E-state index in [-0.39, 0.29) is 21.1 Å². The summed E-state index contributed by atoms with van der Waals surface area (Å²) in [4.78, 5) is 17.8. The average Bonchev–Trinajstić information content (AvgIpc) is 2.01. The minimum absolute atomic E-state index is 0. The van der Waals surface area contributed by atoms with Crippen molar-refractivity contribution in [3.05, 3.63) is 0 Å². The minimum Gasteiger partial charge on any atom is -0.338 e. The molecule has 2 nitrogen and oxygen atoms in total. The maximum absolute atomic E-state index is 8.90. The van der Waals surface area contributed by atoms with Gasteiger partial charge in [-0.2, -0.15) is 0 Å². The van der Waals surface area contributed by atoms with Crippen LogP contribution < -0.4 is 0 Å². The summed E-state index contributed by atoms with van der Waals surface area (Å²) in [6.07, 6.45) is 7.37. The van der Waals surface area contributed by atoms with Crippen LogP contribution in [-0.4, -0.2) is 15.5 Å². The third-order valence-electron chi connectivity index (χ3n) is 1.76. The molecule has 0 amide bonds. The first kappa shape index (κ1) is 18.0. The maximum atomic E-state index is 8.90. The summed E-state index contributed by atoms with van der Waals surface area (Å²) in [5, 5.41) is 0. The zero-order valence-corrected chi connectivity index (χ0v) is 13.1. The molecule has 0 unspecified atom stereocenters. The van der Waals surface area contributed by atoms with Crippen molar-refractivity contribution >= 4 is 28.9 Å². The predicted molar refractivity (Wildman–Crippen MR) is 64.6 cm³/mol. The van der Waals surface area contributed by atoms with Crippen LogP contribution in [0, 0.1) is 0 Å². The standard InChI is InChI=1S/C8H19O2PS2.Mo/c1-2-3-4-5-6-7-8-13-11(9,10)12;/h2-8H2,1H3,(H2,9,10,12);. The van der Waals surface area contributed by atoms with Crippen molar-refractivity contribution in [2.24, 2.45) is 0 Å². The van der Waals surface area contributed by atoms with E-state index in [9.17, 15) is 0 Å². The van der Waals surface area contributed by atoms with Crippen LogP contribution >= 0.6 is 17.1 Å². The van der Waals surface area contributed by atoms with Gasteiger partial charge in [0.15, 0.2) is 0 Å². The third-order valence-corrected chi connectivity index (χ3v) is 5.07. The summed E-state index contributed by atoms with van der Waals surface area (Å²) in [5.41, 5.74) is -2.98. The monoisotopic (exact) mass is 340 g/mol. The molecule has 0 aromatic carbocycles. The molecule has 0 radical (unpaired) electrons. The fourth-order valence-electron chi connectivity index (χ4n) is 1.07. The molecule has 0 aromatic rings. The molecule has 0 saturated heterocycles. The van der Waals surface area contributed by atoms with E-state index in [1.165, 1.54) is 32.1 Å². The summed E-state index contributed by atoms with van der Waals surface area (Å²) in [5.74, 6) is 0.788. The van der Waals surface area contributed by atoms with Crippen LogP contribution in [0.25, 0.3) is 0 Å². The smallest absolute Gasteiger partial charge is 0.242 e. The van der Waals surface area contributed by atoms with Gasteiger partial charge in [0, 0.05) is 26.8 Å². The van der Waals surface area contributed by atoms with Gasteiger partial charge in [-0.25, -0.2) is 0 Å². The summed E-state index contributed by atoms with van der Waals surface area (Å²) in [7, 11) is 0. The molecule has 0 fully saturated rings. The van der Waals surface area contributed by atoms with Gasteiger partial charge in [-0.3, -0.25) is 0 Å². The molecule has 0 bridgehead atoms. The Labute approximate surface area is 110 Å². The van der Waals surface area contributed by atoms with Gasteiger partial charge in [0.05, 0.1) is 0 Å². The topological polar surface area (TPSA) is 40.5 Å². The van der Waals surface area contributed by atoms with Crippen LogP contribution in [0.1, 0.15) is 45.4 Å². The van der Waals surface area contributed by atoms with Gasteiger partial charge in [-0.05, 0) is 18.2 Å². The van der Waals surface area contributed by atoms with Crippen LogP contribution in [0.15, 0.2) is 0 Å². The fourth-order valence-corrected chi connectivity index (χ4v) is 3.41. The molecule has 14 heavy (non-hydrogen) atoms. The van der Waals surface area contributed by atoms with Gasteiger partial charge in [0.1, 0.15) is 0 Å². The summed E-state index contributed by atoms with van der Waals surface area (Å²) >= 11 is 5.62. The Morgan fingerprint density at radius 3 is 2.07 bits per heavy atom. The Morgan fingerprint density at radius 2 is 1.57 bits per heavy atom. The Kier molecular flexibility index (Phi) is 14.3. The largest absolute Gasteiger partial charge is 0.338 e. The van der Waals surface area contributed by atoms with Crippen molar-refractivity contribution in [3.8, 4) is 0 Å². The first-order valence-electron chi connectivity index (χ1n) is 4.76. The number of hydrogen-bond donors (Lipinski definition) is 2. The molecule has 0 aliphatic heterocycles. The van der Waals surface area contributed by atoms with E-state index < -0.39 is 5.69 Å². The molecule has 0 aliphatic carbocycles. The molecular weight excluding hydrogens is 319 g/mol. The second-order valence-electron chi connectivity index (χ2n) is 3.09. The van der Waals surface area contributed by atoms with E-state index in [4.69, 9.17) is 9.79 Å². The van der Waals surface area contributed by atoms with Gasteiger partial charge in [-0.1, -0.05) is 50.4 Å². The normalized spacial score (nSPS) is 11.1. The van der Waals surface area contributed by atoms with Crippen molar-refractivity contribution in [1.29, 1.82) is 0 Å². The van der Waals surface area contributed by atoms with Crippen LogP contribution in [0.4, 0.5) is 0 Å². The molecule has 0 rings (SSSR count). The SMILES string of the molecule is CCCCCCCCSP(O)(O)=S.[Mo]. The average molecular weight is 338 g/mol. The third kappa shape index (κ3) is 16.1. The Morgan fingerprint density at radius 1 is 1.07 bits per heavy atom. The van der Waals surface area contributed by atoms with E-state index in [2.05, 4.69) is 18.7 Å². The van der Waals surface area contributed by atoms with Crippen molar-refractivity contribution in [2.75, 3.05) is 5.75 Å². The van der Waals surface area contributed by atoms with Crippen LogP contribution in [0.5, 0.6) is 0 Å². The molecule has 0 heterocycles. The van der Waals surface area contributed by atoms with E-state index >= 15 is 0 Å². The zero-order valence-electron chi connectivity index (χ0n) is 8.52. The van der Waals surface area contributed by atoms with Crippen molar-refractivity contribution in [3.63, 3.8) is 0 Å². The van der Waals surface area contributed by atoms with Crippen LogP contribution in [0.3, 0.4) is 0 Å². The number of unbranched alkanes of at least 4 members (excludes halogenated alkanes) is 5. The van der Waals surface area contributed by atoms with Gasteiger partial charge >= 0.3 is 0 Å².